The predicted octanol–water partition coefficient (Wildman–Crippen LogP) is 3.38. The molecule has 1 fully saturated rings. The Labute approximate surface area is 202 Å². The van der Waals surface area contributed by atoms with E-state index in [4.69, 9.17) is 0 Å². The molecule has 0 spiro atoms. The molecule has 1 aliphatic rings. The smallest absolute Gasteiger partial charge is 0.325 e. The first kappa shape index (κ1) is 22.4. The van der Waals surface area contributed by atoms with E-state index in [1.165, 1.54) is 0 Å². The SMILES string of the molecule is Cc1ccc(-n2nc(C)c(NC(=O)CN3C(=O)N[C@H](Cc4c[nH]c5ccccc45)C3=O)c2C)cc1. The van der Waals surface area contributed by atoms with Crippen LogP contribution in [-0.2, 0) is 16.0 Å². The van der Waals surface area contributed by atoms with Gasteiger partial charge < -0.3 is 15.6 Å². The van der Waals surface area contributed by atoms with E-state index in [2.05, 4.69) is 20.7 Å². The molecule has 1 atom stereocenters. The molecule has 9 heteroatoms. The summed E-state index contributed by atoms with van der Waals surface area (Å²) in [6.07, 6.45) is 2.19. The maximum Gasteiger partial charge on any atom is 0.325 e. The third kappa shape index (κ3) is 4.16. The van der Waals surface area contributed by atoms with Crippen LogP contribution in [0.3, 0.4) is 0 Å². The molecule has 1 aliphatic heterocycles. The lowest BCUT2D eigenvalue weighted by atomic mass is 10.1. The zero-order valence-electron chi connectivity index (χ0n) is 19.8. The van der Waals surface area contributed by atoms with E-state index < -0.39 is 23.9 Å². The van der Waals surface area contributed by atoms with Gasteiger partial charge in [0.15, 0.2) is 0 Å². The number of benzene rings is 2. The van der Waals surface area contributed by atoms with Crippen molar-refractivity contribution in [2.75, 3.05) is 11.9 Å². The number of nitrogens with zero attached hydrogens (tertiary/aromatic N) is 3. The number of aromatic amines is 1. The number of imide groups is 1. The fraction of sp³-hybridized carbons (Fsp3) is 0.231. The summed E-state index contributed by atoms with van der Waals surface area (Å²) in [5.41, 5.74) is 5.89. The van der Waals surface area contributed by atoms with Gasteiger partial charge in [-0.05, 0) is 44.5 Å². The Morgan fingerprint density at radius 3 is 2.57 bits per heavy atom. The second-order valence-electron chi connectivity index (χ2n) is 8.83. The number of rotatable bonds is 6. The van der Waals surface area contributed by atoms with Gasteiger partial charge in [0.05, 0.1) is 22.8 Å². The Bertz CT molecular complexity index is 1450. The number of urea groups is 1. The van der Waals surface area contributed by atoms with Gasteiger partial charge in [-0.25, -0.2) is 9.48 Å². The summed E-state index contributed by atoms with van der Waals surface area (Å²) in [5, 5.41) is 11.1. The van der Waals surface area contributed by atoms with Crippen LogP contribution in [0.15, 0.2) is 54.7 Å². The Balaban J connectivity index is 1.27. The molecule has 2 aromatic heterocycles. The van der Waals surface area contributed by atoms with E-state index >= 15 is 0 Å². The molecule has 9 nitrogen and oxygen atoms in total. The average molecular weight is 471 g/mol. The molecule has 178 valence electrons. The highest BCUT2D eigenvalue weighted by molar-refractivity contribution is 6.08. The molecule has 0 unspecified atom stereocenters. The molecule has 0 aliphatic carbocycles. The summed E-state index contributed by atoms with van der Waals surface area (Å²) in [6, 6.07) is 14.4. The quantitative estimate of drug-likeness (QED) is 0.375. The normalized spacial score (nSPS) is 15.6. The van der Waals surface area contributed by atoms with Crippen LogP contribution in [0.1, 0.15) is 22.5 Å². The van der Waals surface area contributed by atoms with Gasteiger partial charge >= 0.3 is 6.03 Å². The molecular formula is C26H26N6O3. The highest BCUT2D eigenvalue weighted by atomic mass is 16.2. The number of H-pyrrole nitrogens is 1. The summed E-state index contributed by atoms with van der Waals surface area (Å²) in [4.78, 5) is 42.4. The monoisotopic (exact) mass is 470 g/mol. The largest absolute Gasteiger partial charge is 0.361 e. The summed E-state index contributed by atoms with van der Waals surface area (Å²) in [7, 11) is 0. The number of anilines is 1. The first-order chi connectivity index (χ1) is 16.8. The van der Waals surface area contributed by atoms with E-state index in [0.717, 1.165) is 38.3 Å². The van der Waals surface area contributed by atoms with Crippen LogP contribution >= 0.6 is 0 Å². The van der Waals surface area contributed by atoms with Crippen LogP contribution in [-0.4, -0.2) is 50.1 Å². The van der Waals surface area contributed by atoms with Gasteiger partial charge in [-0.3, -0.25) is 14.5 Å². The zero-order valence-corrected chi connectivity index (χ0v) is 19.8. The van der Waals surface area contributed by atoms with Crippen LogP contribution in [0.25, 0.3) is 16.6 Å². The van der Waals surface area contributed by atoms with Crippen molar-refractivity contribution in [3.8, 4) is 5.69 Å². The van der Waals surface area contributed by atoms with Crippen molar-refractivity contribution in [1.29, 1.82) is 0 Å². The molecule has 0 bridgehead atoms. The molecule has 4 aromatic rings. The molecule has 2 aromatic carbocycles. The van der Waals surface area contributed by atoms with E-state index in [0.29, 0.717) is 17.8 Å². The lowest BCUT2D eigenvalue weighted by molar-refractivity contribution is -0.130. The summed E-state index contributed by atoms with van der Waals surface area (Å²) >= 11 is 0. The number of carbonyl (C=O) groups excluding carboxylic acids is 3. The van der Waals surface area contributed by atoms with E-state index in [1.54, 1.807) is 11.6 Å². The number of fused-ring (bicyclic) bond motifs is 1. The topological polar surface area (TPSA) is 112 Å². The Hall–Kier alpha value is -4.40. The van der Waals surface area contributed by atoms with Crippen LogP contribution in [0, 0.1) is 20.8 Å². The molecule has 3 heterocycles. The number of aryl methyl sites for hydroxylation is 2. The average Bonchev–Trinajstić information content (AvgIpc) is 3.46. The molecule has 0 saturated carbocycles. The first-order valence-electron chi connectivity index (χ1n) is 11.4. The molecule has 0 radical (unpaired) electrons. The second kappa shape index (κ2) is 8.75. The van der Waals surface area contributed by atoms with Crippen molar-refractivity contribution < 1.29 is 14.4 Å². The number of aromatic nitrogens is 3. The standard InChI is InChI=1S/C26H26N6O3/c1-15-8-10-19(11-9-15)32-17(3)24(16(2)30-32)29-23(33)14-31-25(34)22(28-26(31)35)12-18-13-27-21-7-5-4-6-20(18)21/h4-11,13,22,27H,12,14H2,1-3H3,(H,28,35)(H,29,33)/t22-/m1/s1. The number of nitrogens with one attached hydrogen (secondary N) is 3. The molecule has 3 N–H and O–H groups in total. The van der Waals surface area contributed by atoms with Crippen LogP contribution < -0.4 is 10.6 Å². The van der Waals surface area contributed by atoms with Crippen LogP contribution in [0.5, 0.6) is 0 Å². The molecular weight excluding hydrogens is 444 g/mol. The van der Waals surface area contributed by atoms with Crippen molar-refractivity contribution in [3.63, 3.8) is 0 Å². The molecule has 5 rings (SSSR count). The van der Waals surface area contributed by atoms with Gasteiger partial charge in [-0.2, -0.15) is 5.10 Å². The fourth-order valence-electron chi connectivity index (χ4n) is 4.47. The summed E-state index contributed by atoms with van der Waals surface area (Å²) < 4.78 is 1.76. The maximum absolute atomic E-state index is 13.0. The van der Waals surface area contributed by atoms with E-state index in [1.807, 2.05) is 68.6 Å². The number of para-hydroxylation sites is 1. The Kier molecular flexibility index (Phi) is 5.60. The fourth-order valence-corrected chi connectivity index (χ4v) is 4.47. The van der Waals surface area contributed by atoms with Crippen molar-refractivity contribution in [3.05, 3.63) is 77.2 Å². The predicted molar refractivity (Wildman–Crippen MR) is 132 cm³/mol. The van der Waals surface area contributed by atoms with Crippen molar-refractivity contribution in [1.82, 2.24) is 25.0 Å². The number of amides is 4. The molecule has 1 saturated heterocycles. The minimum absolute atomic E-state index is 0.342. The first-order valence-corrected chi connectivity index (χ1v) is 11.4. The summed E-state index contributed by atoms with van der Waals surface area (Å²) in [6.45, 7) is 5.31. The van der Waals surface area contributed by atoms with Gasteiger partial charge in [-0.15, -0.1) is 0 Å². The number of carbonyl (C=O) groups is 3. The highest BCUT2D eigenvalue weighted by Crippen LogP contribution is 2.24. The van der Waals surface area contributed by atoms with Crippen LogP contribution in [0.4, 0.5) is 10.5 Å². The van der Waals surface area contributed by atoms with E-state index in [9.17, 15) is 14.4 Å². The summed E-state index contributed by atoms with van der Waals surface area (Å²) in [5.74, 6) is -0.880. The highest BCUT2D eigenvalue weighted by Gasteiger charge is 2.39. The van der Waals surface area contributed by atoms with Gasteiger partial charge in [0.2, 0.25) is 5.91 Å². The minimum Gasteiger partial charge on any atom is -0.361 e. The van der Waals surface area contributed by atoms with Gasteiger partial charge in [0, 0.05) is 23.5 Å². The van der Waals surface area contributed by atoms with Gasteiger partial charge in [-0.1, -0.05) is 35.9 Å². The van der Waals surface area contributed by atoms with Crippen LogP contribution in [0.2, 0.25) is 0 Å². The van der Waals surface area contributed by atoms with Gasteiger partial charge in [0.25, 0.3) is 5.91 Å². The third-order valence-electron chi connectivity index (χ3n) is 6.34. The van der Waals surface area contributed by atoms with Crippen molar-refractivity contribution >= 4 is 34.4 Å². The Morgan fingerprint density at radius 1 is 1.06 bits per heavy atom. The zero-order chi connectivity index (χ0) is 24.7. The van der Waals surface area contributed by atoms with Gasteiger partial charge in [0.1, 0.15) is 12.6 Å². The minimum atomic E-state index is -0.720. The number of hydrogen-bond donors (Lipinski definition) is 3. The second-order valence-corrected chi connectivity index (χ2v) is 8.83. The lowest BCUT2D eigenvalue weighted by Gasteiger charge is -2.13. The van der Waals surface area contributed by atoms with E-state index in [-0.39, 0.29) is 6.54 Å². The van der Waals surface area contributed by atoms with Crippen molar-refractivity contribution in [2.45, 2.75) is 33.2 Å². The maximum atomic E-state index is 13.0. The lowest BCUT2D eigenvalue weighted by Crippen LogP contribution is -2.38. The number of hydrogen-bond acceptors (Lipinski definition) is 4. The Morgan fingerprint density at radius 2 is 1.80 bits per heavy atom. The third-order valence-corrected chi connectivity index (χ3v) is 6.34. The molecule has 4 amide bonds. The van der Waals surface area contributed by atoms with Crippen molar-refractivity contribution in [2.24, 2.45) is 0 Å². The molecule has 35 heavy (non-hydrogen) atoms.